The standard InChI is InChI=1S/C22H15FN2O2.Na/c1-13-20(22(26)27)18-11-17(23)8-9-19(18)25-21(13)15-6-4-14(5-7-15)16-3-2-10-24-12-16;/h2-12H,1H3,(H,26,27);/q;+1/p-1. The van der Waals surface area contributed by atoms with E-state index in [1.54, 1.807) is 19.3 Å². The average molecular weight is 380 g/mol. The van der Waals surface area contributed by atoms with Crippen LogP contribution in [0.15, 0.2) is 67.0 Å². The largest absolute Gasteiger partial charge is 1.00 e. The van der Waals surface area contributed by atoms with Crippen molar-refractivity contribution in [1.29, 1.82) is 0 Å². The van der Waals surface area contributed by atoms with Crippen molar-refractivity contribution in [1.82, 2.24) is 9.97 Å². The van der Waals surface area contributed by atoms with Gasteiger partial charge < -0.3 is 9.90 Å². The summed E-state index contributed by atoms with van der Waals surface area (Å²) in [5.74, 6) is -1.86. The van der Waals surface area contributed by atoms with Crippen molar-refractivity contribution in [3.05, 3.63) is 83.9 Å². The van der Waals surface area contributed by atoms with E-state index in [-0.39, 0.29) is 40.5 Å². The molecule has 6 heteroatoms. The molecule has 0 aliphatic heterocycles. The number of benzene rings is 2. The van der Waals surface area contributed by atoms with Crippen LogP contribution in [0.1, 0.15) is 15.9 Å². The summed E-state index contributed by atoms with van der Waals surface area (Å²) >= 11 is 0. The molecule has 2 heterocycles. The van der Waals surface area contributed by atoms with Crippen molar-refractivity contribution in [3.8, 4) is 22.4 Å². The Labute approximate surface area is 183 Å². The Morgan fingerprint density at radius 2 is 1.71 bits per heavy atom. The molecule has 0 spiro atoms. The minimum atomic E-state index is -1.35. The second-order valence-corrected chi connectivity index (χ2v) is 6.23. The van der Waals surface area contributed by atoms with Gasteiger partial charge in [0.05, 0.1) is 17.2 Å². The van der Waals surface area contributed by atoms with Crippen LogP contribution in [0, 0.1) is 12.7 Å². The van der Waals surface area contributed by atoms with Gasteiger partial charge in [-0.1, -0.05) is 30.3 Å². The molecule has 0 bridgehead atoms. The first-order chi connectivity index (χ1) is 13.0. The molecule has 0 saturated heterocycles. The van der Waals surface area contributed by atoms with E-state index in [0.717, 1.165) is 16.7 Å². The van der Waals surface area contributed by atoms with Crippen molar-refractivity contribution >= 4 is 16.9 Å². The number of carboxylic acids is 1. The molecule has 0 fully saturated rings. The summed E-state index contributed by atoms with van der Waals surface area (Å²) < 4.78 is 13.6. The third-order valence-corrected chi connectivity index (χ3v) is 4.55. The van der Waals surface area contributed by atoms with Gasteiger partial charge in [0.1, 0.15) is 5.82 Å². The Morgan fingerprint density at radius 1 is 1.00 bits per heavy atom. The maximum absolute atomic E-state index is 13.6. The predicted octanol–water partition coefficient (Wildman–Crippen LogP) is 0.779. The number of carboxylic acid groups (broad SMARTS) is 1. The molecule has 0 amide bonds. The second-order valence-electron chi connectivity index (χ2n) is 6.23. The van der Waals surface area contributed by atoms with Gasteiger partial charge in [0.15, 0.2) is 0 Å². The zero-order valence-electron chi connectivity index (χ0n) is 15.4. The molecule has 4 rings (SSSR count). The zero-order valence-corrected chi connectivity index (χ0v) is 17.4. The van der Waals surface area contributed by atoms with Crippen LogP contribution < -0.4 is 34.7 Å². The van der Waals surface area contributed by atoms with Gasteiger partial charge in [-0.25, -0.2) is 9.37 Å². The van der Waals surface area contributed by atoms with Crippen LogP contribution in [0.2, 0.25) is 0 Å². The molecule has 2 aromatic carbocycles. The summed E-state index contributed by atoms with van der Waals surface area (Å²) in [5, 5.41) is 11.9. The molecule has 0 aliphatic rings. The molecule has 0 radical (unpaired) electrons. The van der Waals surface area contributed by atoms with Crippen molar-refractivity contribution in [2.45, 2.75) is 6.92 Å². The van der Waals surface area contributed by atoms with Crippen molar-refractivity contribution in [2.24, 2.45) is 0 Å². The summed E-state index contributed by atoms with van der Waals surface area (Å²) in [6.45, 7) is 1.66. The number of aromatic carboxylic acids is 1. The Bertz CT molecular complexity index is 1160. The summed E-state index contributed by atoms with van der Waals surface area (Å²) in [6, 6.07) is 15.4. The monoisotopic (exact) mass is 380 g/mol. The first-order valence-electron chi connectivity index (χ1n) is 8.36. The fourth-order valence-electron chi connectivity index (χ4n) is 3.23. The Morgan fingerprint density at radius 3 is 2.36 bits per heavy atom. The minimum absolute atomic E-state index is 0. The smallest absolute Gasteiger partial charge is 0.545 e. The topological polar surface area (TPSA) is 65.9 Å². The number of hydrogen-bond acceptors (Lipinski definition) is 4. The van der Waals surface area contributed by atoms with Gasteiger partial charge in [-0.05, 0) is 47.9 Å². The maximum atomic E-state index is 13.6. The van der Waals surface area contributed by atoms with E-state index < -0.39 is 11.8 Å². The van der Waals surface area contributed by atoms with Crippen molar-refractivity contribution in [3.63, 3.8) is 0 Å². The molecule has 0 atom stereocenters. The molecule has 132 valence electrons. The number of pyridine rings is 2. The van der Waals surface area contributed by atoms with Crippen LogP contribution in [0.3, 0.4) is 0 Å². The molecule has 2 aromatic heterocycles. The van der Waals surface area contributed by atoms with Gasteiger partial charge in [-0.3, -0.25) is 4.98 Å². The fourth-order valence-corrected chi connectivity index (χ4v) is 3.23. The molecule has 4 nitrogen and oxygen atoms in total. The Hall–Kier alpha value is -2.60. The van der Waals surface area contributed by atoms with Crippen LogP contribution in [0.25, 0.3) is 33.3 Å². The fraction of sp³-hybridized carbons (Fsp3) is 0.0455. The summed E-state index contributed by atoms with van der Waals surface area (Å²) in [6.07, 6.45) is 3.49. The number of carbonyl (C=O) groups is 1. The van der Waals surface area contributed by atoms with E-state index in [0.29, 0.717) is 16.8 Å². The van der Waals surface area contributed by atoms with Crippen LogP contribution in [0.4, 0.5) is 4.39 Å². The second kappa shape index (κ2) is 8.19. The first kappa shape index (κ1) is 20.1. The van der Waals surface area contributed by atoms with Gasteiger partial charge in [0.2, 0.25) is 0 Å². The Balaban J connectivity index is 0.00000225. The zero-order chi connectivity index (χ0) is 19.0. The van der Waals surface area contributed by atoms with Crippen LogP contribution >= 0.6 is 0 Å². The predicted molar refractivity (Wildman–Crippen MR) is 99.4 cm³/mol. The third kappa shape index (κ3) is 3.69. The van der Waals surface area contributed by atoms with Gasteiger partial charge in [-0.2, -0.15) is 0 Å². The molecule has 28 heavy (non-hydrogen) atoms. The number of rotatable bonds is 3. The molecular weight excluding hydrogens is 366 g/mol. The van der Waals surface area contributed by atoms with Crippen molar-refractivity contribution < 1.29 is 43.8 Å². The summed E-state index contributed by atoms with van der Waals surface area (Å²) in [5.41, 5.74) is 4.10. The SMILES string of the molecule is Cc1c(-c2ccc(-c3cccnc3)cc2)nc2ccc(F)cc2c1C(=O)[O-].[Na+]. The third-order valence-electron chi connectivity index (χ3n) is 4.55. The van der Waals surface area contributed by atoms with E-state index >= 15 is 0 Å². The number of aromatic nitrogens is 2. The van der Waals surface area contributed by atoms with Gasteiger partial charge in [0, 0.05) is 28.9 Å². The number of fused-ring (bicyclic) bond motifs is 1. The molecular formula is C22H14FN2NaO2. The quantitative estimate of drug-likeness (QED) is 0.493. The van der Waals surface area contributed by atoms with E-state index in [1.807, 2.05) is 36.4 Å². The average Bonchev–Trinajstić information content (AvgIpc) is 2.68. The maximum Gasteiger partial charge on any atom is 1.00 e. The first-order valence-corrected chi connectivity index (χ1v) is 8.36. The van der Waals surface area contributed by atoms with E-state index in [2.05, 4.69) is 9.97 Å². The van der Waals surface area contributed by atoms with Crippen LogP contribution in [-0.2, 0) is 0 Å². The molecule has 0 saturated carbocycles. The van der Waals surface area contributed by atoms with Crippen molar-refractivity contribution in [2.75, 3.05) is 0 Å². The molecule has 0 N–H and O–H groups in total. The molecule has 0 unspecified atom stereocenters. The van der Waals surface area contributed by atoms with Gasteiger partial charge >= 0.3 is 29.6 Å². The number of carbonyl (C=O) groups excluding carboxylic acids is 1. The normalized spacial score (nSPS) is 10.5. The minimum Gasteiger partial charge on any atom is -0.545 e. The van der Waals surface area contributed by atoms with Gasteiger partial charge in [-0.15, -0.1) is 0 Å². The molecule has 4 aromatic rings. The summed E-state index contributed by atoms with van der Waals surface area (Å²) in [7, 11) is 0. The van der Waals surface area contributed by atoms with E-state index in [9.17, 15) is 14.3 Å². The number of hydrogen-bond donors (Lipinski definition) is 0. The summed E-state index contributed by atoms with van der Waals surface area (Å²) in [4.78, 5) is 20.4. The molecule has 0 aliphatic carbocycles. The van der Waals surface area contributed by atoms with E-state index in [1.165, 1.54) is 18.2 Å². The van der Waals surface area contributed by atoms with E-state index in [4.69, 9.17) is 0 Å². The van der Waals surface area contributed by atoms with Crippen LogP contribution in [-0.4, -0.2) is 15.9 Å². The number of nitrogens with zero attached hydrogens (tertiary/aromatic N) is 2. The van der Waals surface area contributed by atoms with Gasteiger partial charge in [0.25, 0.3) is 0 Å². The van der Waals surface area contributed by atoms with Crippen LogP contribution in [0.5, 0.6) is 0 Å². The Kier molecular flexibility index (Phi) is 5.89. The number of halogens is 1.